The third-order valence-electron chi connectivity index (χ3n) is 5.36. The summed E-state index contributed by atoms with van der Waals surface area (Å²) in [5.41, 5.74) is 0. The van der Waals surface area contributed by atoms with Gasteiger partial charge in [-0.15, -0.1) is 0 Å². The van der Waals surface area contributed by atoms with E-state index in [1.165, 1.54) is 6.26 Å². The van der Waals surface area contributed by atoms with Crippen molar-refractivity contribution in [2.75, 3.05) is 192 Å². The second-order valence-electron chi connectivity index (χ2n) is 8.99. The van der Waals surface area contributed by atoms with Gasteiger partial charge in [0.25, 0.3) is 0 Å². The van der Waals surface area contributed by atoms with Gasteiger partial charge in [0.2, 0.25) is 0 Å². The van der Waals surface area contributed by atoms with Gasteiger partial charge < -0.3 is 71.1 Å². The largest absolute Gasteiger partial charge is 0.499 e. The lowest BCUT2D eigenvalue weighted by molar-refractivity contribution is -0.0295. The minimum absolute atomic E-state index is 0.500. The predicted octanol–water partition coefficient (Wildman–Crippen LogP) is 1.01. The van der Waals surface area contributed by atoms with Gasteiger partial charge in [0.05, 0.1) is 185 Å². The Labute approximate surface area is 276 Å². The van der Waals surface area contributed by atoms with Crippen LogP contribution in [0.1, 0.15) is 0 Å². The summed E-state index contributed by atoms with van der Waals surface area (Å²) in [4.78, 5) is 0. The Balaban J connectivity index is 3.03. The Bertz CT molecular complexity index is 548. The SMILES string of the molecule is C=COCCOCCOCCOCCOCCOCCOCCOCCOCCOCCOCCOCCOCCOCCOC. The summed E-state index contributed by atoms with van der Waals surface area (Å²) < 4.78 is 80.4. The Kier molecular flexibility index (Phi) is 43.0. The first kappa shape index (κ1) is 45.0. The number of hydrogen-bond acceptors (Lipinski definition) is 15. The molecule has 0 aliphatic carbocycles. The lowest BCUT2D eigenvalue weighted by atomic mass is 10.6. The molecule has 0 spiro atoms. The van der Waals surface area contributed by atoms with E-state index in [0.29, 0.717) is 185 Å². The summed E-state index contributed by atoms with van der Waals surface area (Å²) in [5.74, 6) is 0. The Morgan fingerprint density at radius 3 is 0.565 bits per heavy atom. The first-order valence-electron chi connectivity index (χ1n) is 16.1. The molecule has 15 heteroatoms. The second kappa shape index (κ2) is 44.0. The van der Waals surface area contributed by atoms with E-state index >= 15 is 0 Å². The lowest BCUT2D eigenvalue weighted by Gasteiger charge is -2.09. The molecule has 0 fully saturated rings. The number of methoxy groups -OCH3 is 1. The Hall–Kier alpha value is -1.02. The highest BCUT2D eigenvalue weighted by Gasteiger charge is 1.97. The van der Waals surface area contributed by atoms with E-state index in [1.807, 2.05) is 0 Å². The molecule has 0 heterocycles. The molecule has 0 aromatic rings. The maximum absolute atomic E-state index is 5.48. The fourth-order valence-electron chi connectivity index (χ4n) is 3.07. The quantitative estimate of drug-likeness (QED) is 0.0671. The third-order valence-corrected chi connectivity index (χ3v) is 5.36. The summed E-state index contributed by atoms with van der Waals surface area (Å²) in [7, 11) is 1.64. The van der Waals surface area contributed by atoms with E-state index in [9.17, 15) is 0 Å². The molecule has 0 unspecified atom stereocenters. The van der Waals surface area contributed by atoms with Crippen LogP contribution in [-0.4, -0.2) is 192 Å². The van der Waals surface area contributed by atoms with Crippen molar-refractivity contribution in [2.45, 2.75) is 0 Å². The van der Waals surface area contributed by atoms with Crippen LogP contribution in [0.15, 0.2) is 12.8 Å². The first-order valence-corrected chi connectivity index (χ1v) is 16.1. The topological polar surface area (TPSA) is 138 Å². The van der Waals surface area contributed by atoms with Crippen molar-refractivity contribution >= 4 is 0 Å². The Morgan fingerprint density at radius 2 is 0.413 bits per heavy atom. The van der Waals surface area contributed by atoms with Gasteiger partial charge in [0.15, 0.2) is 0 Å². The summed E-state index contributed by atoms with van der Waals surface area (Å²) >= 11 is 0. The molecule has 0 N–H and O–H groups in total. The van der Waals surface area contributed by atoms with Gasteiger partial charge in [-0.3, -0.25) is 0 Å². The lowest BCUT2D eigenvalue weighted by Crippen LogP contribution is -2.15. The fraction of sp³-hybridized carbons (Fsp3) is 0.935. The summed E-state index contributed by atoms with van der Waals surface area (Å²) in [6.07, 6.45) is 1.40. The highest BCUT2D eigenvalue weighted by Crippen LogP contribution is 1.88. The van der Waals surface area contributed by atoms with Crippen molar-refractivity contribution in [1.82, 2.24) is 0 Å². The molecule has 0 aromatic heterocycles. The molecule has 0 saturated carbocycles. The van der Waals surface area contributed by atoms with Crippen molar-refractivity contribution in [3.63, 3.8) is 0 Å². The molecule has 15 nitrogen and oxygen atoms in total. The van der Waals surface area contributed by atoms with Crippen molar-refractivity contribution in [3.05, 3.63) is 12.8 Å². The first-order chi connectivity index (χ1) is 22.9. The van der Waals surface area contributed by atoms with Gasteiger partial charge in [0, 0.05) is 7.11 Å². The normalized spacial score (nSPS) is 11.4. The van der Waals surface area contributed by atoms with Crippen LogP contribution in [0.3, 0.4) is 0 Å². The molecule has 0 aliphatic heterocycles. The Morgan fingerprint density at radius 1 is 0.261 bits per heavy atom. The van der Waals surface area contributed by atoms with Gasteiger partial charge in [0.1, 0.15) is 6.61 Å². The van der Waals surface area contributed by atoms with Gasteiger partial charge in [-0.2, -0.15) is 0 Å². The summed E-state index contributed by atoms with van der Waals surface area (Å²) in [6, 6.07) is 0. The van der Waals surface area contributed by atoms with E-state index in [1.54, 1.807) is 7.11 Å². The van der Waals surface area contributed by atoms with Crippen molar-refractivity contribution in [3.8, 4) is 0 Å². The molecule has 0 bridgehead atoms. The zero-order valence-corrected chi connectivity index (χ0v) is 28.2. The van der Waals surface area contributed by atoms with Crippen LogP contribution in [-0.2, 0) is 71.1 Å². The standard InChI is InChI=1S/C31H62O15/c1-3-33-6-7-35-10-11-37-14-15-39-18-19-41-22-23-43-26-27-45-30-31-46-29-28-44-25-24-42-21-20-40-17-16-38-13-12-36-9-8-34-5-4-32-2/h3H,1,4-31H2,2H3. The zero-order chi connectivity index (χ0) is 33.1. The molecular formula is C31H62O15. The zero-order valence-electron chi connectivity index (χ0n) is 28.2. The predicted molar refractivity (Wildman–Crippen MR) is 169 cm³/mol. The molecule has 46 heavy (non-hydrogen) atoms. The van der Waals surface area contributed by atoms with Crippen LogP contribution in [0.25, 0.3) is 0 Å². The van der Waals surface area contributed by atoms with Crippen LogP contribution >= 0.6 is 0 Å². The maximum Gasteiger partial charge on any atom is 0.111 e. The van der Waals surface area contributed by atoms with E-state index in [2.05, 4.69) is 6.58 Å². The van der Waals surface area contributed by atoms with Gasteiger partial charge in [-0.1, -0.05) is 6.58 Å². The smallest absolute Gasteiger partial charge is 0.111 e. The van der Waals surface area contributed by atoms with Gasteiger partial charge in [-0.05, 0) is 0 Å². The van der Waals surface area contributed by atoms with E-state index in [0.717, 1.165) is 0 Å². The summed E-state index contributed by atoms with van der Waals surface area (Å²) in [6.45, 7) is 18.1. The van der Waals surface area contributed by atoms with Crippen LogP contribution in [0.4, 0.5) is 0 Å². The minimum Gasteiger partial charge on any atom is -0.499 e. The van der Waals surface area contributed by atoms with Crippen LogP contribution in [0.5, 0.6) is 0 Å². The highest BCUT2D eigenvalue weighted by atomic mass is 16.6. The highest BCUT2D eigenvalue weighted by molar-refractivity contribution is 4.47. The van der Waals surface area contributed by atoms with E-state index in [-0.39, 0.29) is 0 Å². The molecule has 276 valence electrons. The molecule has 0 amide bonds. The van der Waals surface area contributed by atoms with Crippen LogP contribution in [0.2, 0.25) is 0 Å². The number of ether oxygens (including phenoxy) is 15. The molecule has 0 aliphatic rings. The minimum atomic E-state index is 0.500. The average molecular weight is 675 g/mol. The van der Waals surface area contributed by atoms with Crippen molar-refractivity contribution < 1.29 is 71.1 Å². The van der Waals surface area contributed by atoms with Crippen LogP contribution in [0, 0.1) is 0 Å². The molecule has 0 atom stereocenters. The fourth-order valence-corrected chi connectivity index (χ4v) is 3.07. The molecule has 0 rings (SSSR count). The monoisotopic (exact) mass is 674 g/mol. The number of hydrogen-bond donors (Lipinski definition) is 0. The van der Waals surface area contributed by atoms with Gasteiger partial charge in [-0.25, -0.2) is 0 Å². The number of rotatable bonds is 43. The van der Waals surface area contributed by atoms with Crippen molar-refractivity contribution in [1.29, 1.82) is 0 Å². The van der Waals surface area contributed by atoms with Gasteiger partial charge >= 0.3 is 0 Å². The molecule has 0 aromatic carbocycles. The van der Waals surface area contributed by atoms with E-state index < -0.39 is 0 Å². The maximum atomic E-state index is 5.48. The van der Waals surface area contributed by atoms with Crippen LogP contribution < -0.4 is 0 Å². The second-order valence-corrected chi connectivity index (χ2v) is 8.99. The third kappa shape index (κ3) is 43.0. The van der Waals surface area contributed by atoms with E-state index in [4.69, 9.17) is 71.1 Å². The van der Waals surface area contributed by atoms with Crippen molar-refractivity contribution in [2.24, 2.45) is 0 Å². The molecular weight excluding hydrogens is 612 g/mol. The summed E-state index contributed by atoms with van der Waals surface area (Å²) in [5, 5.41) is 0. The molecule has 0 saturated heterocycles. The average Bonchev–Trinajstić information content (AvgIpc) is 3.07. The molecule has 0 radical (unpaired) electrons.